The largest absolute Gasteiger partial charge is 0.467 e. The Hall–Kier alpha value is -2.04. The lowest BCUT2D eigenvalue weighted by Gasteiger charge is -2.35. The average molecular weight is 289 g/mol. The van der Waals surface area contributed by atoms with E-state index in [0.29, 0.717) is 25.3 Å². The first-order chi connectivity index (χ1) is 10.2. The van der Waals surface area contributed by atoms with E-state index in [1.807, 2.05) is 30.3 Å². The van der Waals surface area contributed by atoms with Crippen LogP contribution in [-0.4, -0.2) is 36.2 Å². The molecule has 5 heteroatoms. The topological polar surface area (TPSA) is 55.8 Å². The zero-order valence-corrected chi connectivity index (χ0v) is 12.1. The molecule has 2 bridgehead atoms. The van der Waals surface area contributed by atoms with Crippen LogP contribution in [-0.2, 0) is 20.9 Å². The lowest BCUT2D eigenvalue weighted by atomic mass is 9.97. The molecule has 2 fully saturated rings. The van der Waals surface area contributed by atoms with Crippen LogP contribution in [0.3, 0.4) is 0 Å². The fraction of sp³-hybridized carbons (Fsp3) is 0.500. The van der Waals surface area contributed by atoms with E-state index in [-0.39, 0.29) is 12.6 Å². The van der Waals surface area contributed by atoms with Crippen LogP contribution >= 0.6 is 0 Å². The number of nitrogens with zero attached hydrogens (tertiary/aromatic N) is 1. The fourth-order valence-electron chi connectivity index (χ4n) is 3.49. The number of benzene rings is 1. The Morgan fingerprint density at radius 3 is 2.76 bits per heavy atom. The van der Waals surface area contributed by atoms with Crippen LogP contribution in [0, 0.1) is 5.92 Å². The lowest BCUT2D eigenvalue weighted by molar-refractivity contribution is -0.152. The van der Waals surface area contributed by atoms with Gasteiger partial charge >= 0.3 is 12.1 Å². The molecule has 1 aliphatic carbocycles. The highest BCUT2D eigenvalue weighted by molar-refractivity contribution is 5.87. The number of rotatable bonds is 3. The molecule has 21 heavy (non-hydrogen) atoms. The normalized spacial score (nSPS) is 26.7. The van der Waals surface area contributed by atoms with E-state index in [0.717, 1.165) is 12.0 Å². The summed E-state index contributed by atoms with van der Waals surface area (Å²) in [5.74, 6) is 0.0625. The number of likely N-dealkylation sites (tertiary alicyclic amines) is 1. The highest BCUT2D eigenvalue weighted by Gasteiger charge is 2.58. The SMILES string of the molecule is COC(=O)[C@]12CC[C@H](CN1C(=O)OCc1ccccc1)C2. The molecule has 1 aliphatic heterocycles. The van der Waals surface area contributed by atoms with Crippen LogP contribution < -0.4 is 0 Å². The monoisotopic (exact) mass is 289 g/mol. The molecule has 3 rings (SSSR count). The van der Waals surface area contributed by atoms with E-state index in [2.05, 4.69) is 0 Å². The van der Waals surface area contributed by atoms with Gasteiger partial charge in [0.15, 0.2) is 0 Å². The Balaban J connectivity index is 1.68. The standard InChI is InChI=1S/C16H19NO4/c1-20-14(18)16-8-7-13(9-16)10-17(16)15(19)21-11-12-5-3-2-4-6-12/h2-6,13H,7-11H2,1H3/t13-,16+/m0/s1. The number of carbonyl (C=O) groups excluding carboxylic acids is 2. The smallest absolute Gasteiger partial charge is 0.411 e. The van der Waals surface area contributed by atoms with Gasteiger partial charge in [-0.1, -0.05) is 30.3 Å². The number of fused-ring (bicyclic) bond motifs is 2. The predicted octanol–water partition coefficient (Wildman–Crippen LogP) is 2.35. The van der Waals surface area contributed by atoms with Gasteiger partial charge in [-0.25, -0.2) is 9.59 Å². The second-order valence-corrected chi connectivity index (χ2v) is 5.78. The molecule has 0 unspecified atom stereocenters. The minimum atomic E-state index is -0.798. The van der Waals surface area contributed by atoms with Gasteiger partial charge in [-0.2, -0.15) is 0 Å². The number of piperidine rings is 1. The van der Waals surface area contributed by atoms with Gasteiger partial charge in [-0.3, -0.25) is 4.90 Å². The van der Waals surface area contributed by atoms with Crippen molar-refractivity contribution < 1.29 is 19.1 Å². The van der Waals surface area contributed by atoms with Crippen LogP contribution in [0.1, 0.15) is 24.8 Å². The van der Waals surface area contributed by atoms with Crippen molar-refractivity contribution in [3.63, 3.8) is 0 Å². The van der Waals surface area contributed by atoms with Gasteiger partial charge in [0.05, 0.1) is 7.11 Å². The maximum absolute atomic E-state index is 12.3. The summed E-state index contributed by atoms with van der Waals surface area (Å²) >= 11 is 0. The van der Waals surface area contributed by atoms with Crippen molar-refractivity contribution in [3.05, 3.63) is 35.9 Å². The predicted molar refractivity (Wildman–Crippen MR) is 75.4 cm³/mol. The van der Waals surface area contributed by atoms with E-state index >= 15 is 0 Å². The van der Waals surface area contributed by atoms with Crippen molar-refractivity contribution >= 4 is 12.1 Å². The molecule has 1 aromatic rings. The number of hydrogen-bond acceptors (Lipinski definition) is 4. The van der Waals surface area contributed by atoms with Crippen molar-refractivity contribution in [2.75, 3.05) is 13.7 Å². The quantitative estimate of drug-likeness (QED) is 0.802. The number of amides is 1. The van der Waals surface area contributed by atoms with Crippen molar-refractivity contribution in [1.82, 2.24) is 4.90 Å². The third-order valence-corrected chi connectivity index (χ3v) is 4.54. The molecule has 5 nitrogen and oxygen atoms in total. The van der Waals surface area contributed by atoms with E-state index in [1.54, 1.807) is 4.90 Å². The molecule has 1 aromatic carbocycles. The Bertz CT molecular complexity index is 544. The van der Waals surface area contributed by atoms with E-state index in [9.17, 15) is 9.59 Å². The first kappa shape index (κ1) is 13.9. The van der Waals surface area contributed by atoms with Crippen LogP contribution in [0.4, 0.5) is 4.79 Å². The molecule has 0 N–H and O–H groups in total. The van der Waals surface area contributed by atoms with Crippen molar-refractivity contribution in [1.29, 1.82) is 0 Å². The van der Waals surface area contributed by atoms with Crippen molar-refractivity contribution in [3.8, 4) is 0 Å². The number of esters is 1. The maximum Gasteiger partial charge on any atom is 0.411 e. The summed E-state index contributed by atoms with van der Waals surface area (Å²) in [5.41, 5.74) is 0.134. The van der Waals surface area contributed by atoms with Crippen LogP contribution in [0.5, 0.6) is 0 Å². The van der Waals surface area contributed by atoms with Crippen molar-refractivity contribution in [2.45, 2.75) is 31.4 Å². The van der Waals surface area contributed by atoms with E-state index < -0.39 is 11.6 Å². The highest BCUT2D eigenvalue weighted by atomic mass is 16.6. The first-order valence-corrected chi connectivity index (χ1v) is 7.22. The van der Waals surface area contributed by atoms with Gasteiger partial charge in [0.2, 0.25) is 0 Å². The second-order valence-electron chi connectivity index (χ2n) is 5.78. The molecule has 2 atom stereocenters. The molecule has 1 saturated carbocycles. The molecular weight excluding hydrogens is 270 g/mol. The Kier molecular flexibility index (Phi) is 3.57. The van der Waals surface area contributed by atoms with Crippen molar-refractivity contribution in [2.24, 2.45) is 5.92 Å². The third kappa shape index (κ3) is 2.37. The molecule has 0 aromatic heterocycles. The zero-order valence-electron chi connectivity index (χ0n) is 12.1. The van der Waals surface area contributed by atoms with Gasteiger partial charge in [0.1, 0.15) is 12.1 Å². The summed E-state index contributed by atoms with van der Waals surface area (Å²) < 4.78 is 10.3. The number of hydrogen-bond donors (Lipinski definition) is 0. The minimum absolute atomic E-state index is 0.220. The Morgan fingerprint density at radius 2 is 2.10 bits per heavy atom. The molecule has 112 valence electrons. The molecule has 1 amide bonds. The maximum atomic E-state index is 12.3. The highest BCUT2D eigenvalue weighted by Crippen LogP contribution is 2.47. The second kappa shape index (κ2) is 5.39. The average Bonchev–Trinajstić information content (AvgIpc) is 3.12. The molecular formula is C16H19NO4. The number of methoxy groups -OCH3 is 1. The zero-order chi connectivity index (χ0) is 14.9. The van der Waals surface area contributed by atoms with Crippen LogP contribution in [0.2, 0.25) is 0 Å². The molecule has 1 saturated heterocycles. The molecule has 1 heterocycles. The molecule has 0 radical (unpaired) electrons. The third-order valence-electron chi connectivity index (χ3n) is 4.54. The first-order valence-electron chi connectivity index (χ1n) is 7.22. The summed E-state index contributed by atoms with van der Waals surface area (Å²) in [7, 11) is 1.37. The Morgan fingerprint density at radius 1 is 1.33 bits per heavy atom. The van der Waals surface area contributed by atoms with Gasteiger partial charge in [0, 0.05) is 6.54 Å². The minimum Gasteiger partial charge on any atom is -0.467 e. The van der Waals surface area contributed by atoms with Gasteiger partial charge < -0.3 is 9.47 Å². The lowest BCUT2D eigenvalue weighted by Crippen LogP contribution is -2.54. The summed E-state index contributed by atoms with van der Waals surface area (Å²) in [6.07, 6.45) is 1.91. The van der Waals surface area contributed by atoms with Gasteiger partial charge in [-0.15, -0.1) is 0 Å². The van der Waals surface area contributed by atoms with Gasteiger partial charge in [0.25, 0.3) is 0 Å². The number of carbonyl (C=O) groups is 2. The number of ether oxygens (including phenoxy) is 2. The van der Waals surface area contributed by atoms with Crippen LogP contribution in [0.25, 0.3) is 0 Å². The van der Waals surface area contributed by atoms with E-state index in [4.69, 9.17) is 9.47 Å². The summed E-state index contributed by atoms with van der Waals surface area (Å²) in [6.45, 7) is 0.806. The molecule has 2 aliphatic rings. The summed E-state index contributed by atoms with van der Waals surface area (Å²) in [4.78, 5) is 26.0. The Labute approximate surface area is 123 Å². The summed E-state index contributed by atoms with van der Waals surface area (Å²) in [5, 5.41) is 0. The molecule has 0 spiro atoms. The van der Waals surface area contributed by atoms with E-state index in [1.165, 1.54) is 7.11 Å². The summed E-state index contributed by atoms with van der Waals surface area (Å²) in [6, 6.07) is 9.52. The fourth-order valence-corrected chi connectivity index (χ4v) is 3.49. The van der Waals surface area contributed by atoms with Gasteiger partial charge in [-0.05, 0) is 30.7 Å². The van der Waals surface area contributed by atoms with Crippen LogP contribution in [0.15, 0.2) is 30.3 Å².